The largest absolute Gasteiger partial charge is 0.490 e. The molecule has 88 valence electrons. The normalized spacial score (nSPS) is 10.0. The number of nitrogens with two attached hydrogens (primary N) is 1. The summed E-state index contributed by atoms with van der Waals surface area (Å²) in [7, 11) is 1.53. The maximum Gasteiger partial charge on any atom is 0.195 e. The minimum absolute atomic E-state index is 0.430. The molecule has 0 aromatic carbocycles. The molecule has 7 nitrogen and oxygen atoms in total. The van der Waals surface area contributed by atoms with Gasteiger partial charge in [0, 0.05) is 6.20 Å². The zero-order chi connectivity index (χ0) is 12.1. The lowest BCUT2D eigenvalue weighted by Crippen LogP contribution is -2.10. The molecule has 3 N–H and O–H groups in total. The van der Waals surface area contributed by atoms with Crippen molar-refractivity contribution in [2.75, 3.05) is 12.5 Å². The summed E-state index contributed by atoms with van der Waals surface area (Å²) in [5.41, 5.74) is 2.45. The zero-order valence-corrected chi connectivity index (χ0v) is 9.81. The van der Waals surface area contributed by atoms with Gasteiger partial charge in [0.15, 0.2) is 16.6 Å². The fourth-order valence-electron chi connectivity index (χ4n) is 1.16. The van der Waals surface area contributed by atoms with E-state index in [4.69, 9.17) is 10.6 Å². The number of hydrazine groups is 1. The number of anilines is 1. The third kappa shape index (κ3) is 2.60. The molecule has 0 spiro atoms. The Morgan fingerprint density at radius 3 is 2.82 bits per heavy atom. The fourth-order valence-corrected chi connectivity index (χ4v) is 1.95. The molecule has 2 aromatic heterocycles. The van der Waals surface area contributed by atoms with Gasteiger partial charge >= 0.3 is 0 Å². The number of ether oxygens (including phenoxy) is 1. The Bertz CT molecular complexity index is 494. The predicted octanol–water partition coefficient (Wildman–Crippen LogP) is 0.712. The molecule has 0 radical (unpaired) electrons. The molecular weight excluding hydrogens is 240 g/mol. The van der Waals surface area contributed by atoms with Gasteiger partial charge in [-0.15, -0.1) is 0 Å². The van der Waals surface area contributed by atoms with E-state index in [0.717, 1.165) is 5.03 Å². The third-order valence-corrected chi connectivity index (χ3v) is 2.80. The highest BCUT2D eigenvalue weighted by Gasteiger charge is 2.12. The molecule has 0 fully saturated rings. The van der Waals surface area contributed by atoms with Crippen LogP contribution in [0.5, 0.6) is 5.75 Å². The molecule has 0 saturated carbocycles. The number of aromatic nitrogens is 4. The second-order valence-corrected chi connectivity index (χ2v) is 3.86. The van der Waals surface area contributed by atoms with Crippen LogP contribution in [0.3, 0.4) is 0 Å². The zero-order valence-electron chi connectivity index (χ0n) is 8.99. The van der Waals surface area contributed by atoms with E-state index < -0.39 is 0 Å². The third-order valence-electron chi connectivity index (χ3n) is 1.87. The topological polar surface area (TPSA) is 98.8 Å². The van der Waals surface area contributed by atoms with E-state index in [1.54, 1.807) is 12.3 Å². The van der Waals surface area contributed by atoms with Gasteiger partial charge in [0.05, 0.1) is 7.11 Å². The molecule has 0 saturated heterocycles. The lowest BCUT2D eigenvalue weighted by molar-refractivity contribution is 0.400. The van der Waals surface area contributed by atoms with Crippen molar-refractivity contribution in [2.45, 2.75) is 10.1 Å². The molecule has 2 aromatic rings. The lowest BCUT2D eigenvalue weighted by Gasteiger charge is -2.09. The van der Waals surface area contributed by atoms with Crippen molar-refractivity contribution in [2.24, 2.45) is 5.84 Å². The standard InChI is InChI=1S/C9H10N6OS/c1-16-7-8(15-10)13-5-14-9(7)17-6-2-3-11-4-12-6/h2-5H,10H2,1H3,(H,13,14,15). The first-order valence-corrected chi connectivity index (χ1v) is 5.46. The van der Waals surface area contributed by atoms with E-state index >= 15 is 0 Å². The summed E-state index contributed by atoms with van der Waals surface area (Å²) in [5, 5.41) is 1.40. The Morgan fingerprint density at radius 2 is 2.18 bits per heavy atom. The number of nitrogens with one attached hydrogen (secondary N) is 1. The van der Waals surface area contributed by atoms with Gasteiger partial charge in [-0.1, -0.05) is 0 Å². The molecule has 0 amide bonds. The molecule has 2 heterocycles. The van der Waals surface area contributed by atoms with Crippen LogP contribution in [0, 0.1) is 0 Å². The number of hydrogen-bond acceptors (Lipinski definition) is 8. The lowest BCUT2D eigenvalue weighted by atomic mass is 10.5. The van der Waals surface area contributed by atoms with E-state index in [0.29, 0.717) is 16.6 Å². The summed E-state index contributed by atoms with van der Waals surface area (Å²) in [5.74, 6) is 6.25. The summed E-state index contributed by atoms with van der Waals surface area (Å²) in [4.78, 5) is 16.0. The highest BCUT2D eigenvalue weighted by molar-refractivity contribution is 7.99. The van der Waals surface area contributed by atoms with Crippen molar-refractivity contribution < 1.29 is 4.74 Å². The van der Waals surface area contributed by atoms with Crippen LogP contribution in [0.1, 0.15) is 0 Å². The molecule has 17 heavy (non-hydrogen) atoms. The number of nitrogens with zero attached hydrogens (tertiary/aromatic N) is 4. The molecule has 0 unspecified atom stereocenters. The van der Waals surface area contributed by atoms with Crippen molar-refractivity contribution in [3.05, 3.63) is 24.9 Å². The van der Waals surface area contributed by atoms with Gasteiger partial charge in [0.25, 0.3) is 0 Å². The van der Waals surface area contributed by atoms with Crippen molar-refractivity contribution in [1.29, 1.82) is 0 Å². The highest BCUT2D eigenvalue weighted by Crippen LogP contribution is 2.34. The van der Waals surface area contributed by atoms with Gasteiger partial charge in [-0.3, -0.25) is 0 Å². The predicted molar refractivity (Wildman–Crippen MR) is 62.5 cm³/mol. The molecule has 2 rings (SSSR count). The Morgan fingerprint density at radius 1 is 1.29 bits per heavy atom. The maximum absolute atomic E-state index is 5.33. The van der Waals surface area contributed by atoms with Crippen molar-refractivity contribution in [3.63, 3.8) is 0 Å². The van der Waals surface area contributed by atoms with Crippen molar-refractivity contribution in [3.8, 4) is 5.75 Å². The number of methoxy groups -OCH3 is 1. The van der Waals surface area contributed by atoms with Crippen LogP contribution in [0.2, 0.25) is 0 Å². The van der Waals surface area contributed by atoms with Crippen molar-refractivity contribution in [1.82, 2.24) is 19.9 Å². The first-order valence-electron chi connectivity index (χ1n) is 4.64. The summed E-state index contributed by atoms with van der Waals surface area (Å²) in [6, 6.07) is 1.78. The Kier molecular flexibility index (Phi) is 3.68. The van der Waals surface area contributed by atoms with Gasteiger partial charge in [0.1, 0.15) is 17.7 Å². The van der Waals surface area contributed by atoms with Crippen LogP contribution >= 0.6 is 11.8 Å². The van der Waals surface area contributed by atoms with Crippen LogP contribution < -0.4 is 16.0 Å². The maximum atomic E-state index is 5.33. The molecular formula is C9H10N6OS. The van der Waals surface area contributed by atoms with Gasteiger partial charge in [0.2, 0.25) is 0 Å². The smallest absolute Gasteiger partial charge is 0.195 e. The van der Waals surface area contributed by atoms with Crippen LogP contribution in [-0.4, -0.2) is 27.0 Å². The summed E-state index contributed by atoms with van der Waals surface area (Å²) in [6.45, 7) is 0. The Hall–Kier alpha value is -1.93. The fraction of sp³-hybridized carbons (Fsp3) is 0.111. The van der Waals surface area contributed by atoms with Crippen LogP contribution in [0.25, 0.3) is 0 Å². The van der Waals surface area contributed by atoms with E-state index in [1.807, 2.05) is 0 Å². The van der Waals surface area contributed by atoms with E-state index in [-0.39, 0.29) is 0 Å². The molecule has 8 heteroatoms. The highest BCUT2D eigenvalue weighted by atomic mass is 32.2. The average Bonchev–Trinajstić information content (AvgIpc) is 2.39. The summed E-state index contributed by atoms with van der Waals surface area (Å²) >= 11 is 1.35. The van der Waals surface area contributed by atoms with E-state index in [1.165, 1.54) is 31.5 Å². The van der Waals surface area contributed by atoms with Gasteiger partial charge in [-0.25, -0.2) is 25.8 Å². The summed E-state index contributed by atoms with van der Waals surface area (Å²) in [6.07, 6.45) is 4.53. The molecule has 0 aliphatic heterocycles. The number of hydrogen-bond donors (Lipinski definition) is 2. The van der Waals surface area contributed by atoms with Crippen LogP contribution in [0.15, 0.2) is 35.0 Å². The summed E-state index contributed by atoms with van der Waals surface area (Å²) < 4.78 is 5.21. The molecule has 0 bridgehead atoms. The minimum Gasteiger partial charge on any atom is -0.490 e. The first-order chi connectivity index (χ1) is 8.35. The van der Waals surface area contributed by atoms with Gasteiger partial charge in [-0.05, 0) is 17.8 Å². The van der Waals surface area contributed by atoms with E-state index in [2.05, 4.69) is 25.4 Å². The SMILES string of the molecule is COc1c(NN)ncnc1Sc1ccncn1. The van der Waals surface area contributed by atoms with Crippen LogP contribution in [-0.2, 0) is 0 Å². The van der Waals surface area contributed by atoms with Crippen LogP contribution in [0.4, 0.5) is 5.82 Å². The number of rotatable bonds is 4. The Labute approximate surface area is 102 Å². The average molecular weight is 250 g/mol. The molecule has 0 atom stereocenters. The minimum atomic E-state index is 0.430. The monoisotopic (exact) mass is 250 g/mol. The molecule has 0 aliphatic carbocycles. The second kappa shape index (κ2) is 5.41. The number of nitrogen functional groups attached to an aromatic ring is 1. The van der Waals surface area contributed by atoms with Crippen molar-refractivity contribution >= 4 is 17.6 Å². The van der Waals surface area contributed by atoms with Gasteiger partial charge in [-0.2, -0.15) is 0 Å². The quantitative estimate of drug-likeness (QED) is 0.465. The van der Waals surface area contributed by atoms with E-state index in [9.17, 15) is 0 Å². The Balaban J connectivity index is 2.33. The first kappa shape index (κ1) is 11.6. The second-order valence-electron chi connectivity index (χ2n) is 2.85. The molecule has 0 aliphatic rings. The van der Waals surface area contributed by atoms with Gasteiger partial charge < -0.3 is 10.2 Å².